The summed E-state index contributed by atoms with van der Waals surface area (Å²) in [6.07, 6.45) is 4.45. The second-order valence-corrected chi connectivity index (χ2v) is 9.68. The minimum Gasteiger partial charge on any atom is -0.377 e. The number of para-hydroxylation sites is 1. The Kier molecular flexibility index (Phi) is 7.66. The molecule has 11 heteroatoms. The monoisotopic (exact) mass is 521 g/mol. The van der Waals surface area contributed by atoms with Crippen molar-refractivity contribution in [3.05, 3.63) is 60.1 Å². The van der Waals surface area contributed by atoms with Gasteiger partial charge in [0, 0.05) is 49.6 Å². The zero-order chi connectivity index (χ0) is 26.6. The van der Waals surface area contributed by atoms with Crippen molar-refractivity contribution < 1.29 is 18.7 Å². The maximum Gasteiger partial charge on any atom is 0.291 e. The van der Waals surface area contributed by atoms with E-state index in [1.54, 1.807) is 24.5 Å². The molecule has 0 spiro atoms. The van der Waals surface area contributed by atoms with Crippen molar-refractivity contribution in [2.45, 2.75) is 25.8 Å². The molecule has 200 valence electrons. The number of carbonyl (C=O) groups is 2. The molecular formula is C27H32FN7O3. The van der Waals surface area contributed by atoms with Crippen molar-refractivity contribution in [3.8, 4) is 11.3 Å². The number of nitrogens with two attached hydrogens (primary N) is 1. The molecule has 10 nitrogen and oxygen atoms in total. The van der Waals surface area contributed by atoms with Gasteiger partial charge in [-0.1, -0.05) is 6.07 Å². The van der Waals surface area contributed by atoms with Gasteiger partial charge in [0.25, 0.3) is 5.91 Å². The summed E-state index contributed by atoms with van der Waals surface area (Å²) in [5.74, 6) is -0.852. The fourth-order valence-corrected chi connectivity index (χ4v) is 5.14. The summed E-state index contributed by atoms with van der Waals surface area (Å²) in [4.78, 5) is 41.4. The van der Waals surface area contributed by atoms with Crippen LogP contribution in [0, 0.1) is 18.7 Å². The number of rotatable bonds is 6. The van der Waals surface area contributed by atoms with Gasteiger partial charge in [-0.3, -0.25) is 14.6 Å². The molecule has 2 fully saturated rings. The molecule has 5 rings (SSSR count). The lowest BCUT2D eigenvalue weighted by Crippen LogP contribution is -2.54. The van der Waals surface area contributed by atoms with Crippen LogP contribution in [0.3, 0.4) is 0 Å². The van der Waals surface area contributed by atoms with E-state index in [1.165, 1.54) is 6.07 Å². The van der Waals surface area contributed by atoms with E-state index in [0.29, 0.717) is 69.3 Å². The smallest absolute Gasteiger partial charge is 0.291 e. The number of aryl methyl sites for hydroxylation is 1. The first-order chi connectivity index (χ1) is 18.4. The Labute approximate surface area is 220 Å². The Hall–Kier alpha value is -3.83. The standard InChI is InChI=1S/C27H32FN7O3/c1-17-13-19(5-8-30-17)23-15-31-25(32-23)26(36)33-22-4-2-3-21(28)24(22)34-9-6-18(7-10-34)27(37)35-11-12-38-16-20(35)14-29/h2-5,8,13,15,18,20H,6-7,9-12,14,16,29H2,1H3,(H,31,32)(H,33,36). The van der Waals surface area contributed by atoms with Crippen molar-refractivity contribution in [2.24, 2.45) is 11.7 Å². The van der Waals surface area contributed by atoms with Crippen LogP contribution in [-0.4, -0.2) is 77.1 Å². The lowest BCUT2D eigenvalue weighted by Gasteiger charge is -2.40. The lowest BCUT2D eigenvalue weighted by molar-refractivity contribution is -0.144. The van der Waals surface area contributed by atoms with Crippen LogP contribution in [0.5, 0.6) is 0 Å². The Morgan fingerprint density at radius 3 is 2.79 bits per heavy atom. The van der Waals surface area contributed by atoms with Crippen LogP contribution in [0.4, 0.5) is 15.8 Å². The molecule has 4 N–H and O–H groups in total. The highest BCUT2D eigenvalue weighted by atomic mass is 19.1. The van der Waals surface area contributed by atoms with Crippen LogP contribution in [0.25, 0.3) is 11.3 Å². The van der Waals surface area contributed by atoms with Crippen LogP contribution < -0.4 is 16.0 Å². The Bertz CT molecular complexity index is 1310. The molecule has 0 radical (unpaired) electrons. The molecule has 1 aromatic carbocycles. The van der Waals surface area contributed by atoms with E-state index in [9.17, 15) is 9.59 Å². The van der Waals surface area contributed by atoms with E-state index in [0.717, 1.165) is 11.3 Å². The quantitative estimate of drug-likeness (QED) is 0.455. The van der Waals surface area contributed by atoms with Gasteiger partial charge in [-0.15, -0.1) is 0 Å². The highest BCUT2D eigenvalue weighted by molar-refractivity contribution is 6.04. The molecule has 3 aromatic rings. The number of aromatic amines is 1. The predicted octanol–water partition coefficient (Wildman–Crippen LogP) is 2.57. The normalized spacial score (nSPS) is 18.4. The molecular weight excluding hydrogens is 489 g/mol. The van der Waals surface area contributed by atoms with Crippen LogP contribution in [-0.2, 0) is 9.53 Å². The summed E-state index contributed by atoms with van der Waals surface area (Å²) in [5, 5.41) is 2.81. The number of hydrogen-bond donors (Lipinski definition) is 3. The molecule has 1 unspecified atom stereocenters. The van der Waals surface area contributed by atoms with E-state index < -0.39 is 11.7 Å². The first-order valence-corrected chi connectivity index (χ1v) is 12.9. The number of anilines is 2. The van der Waals surface area contributed by atoms with Gasteiger partial charge in [-0.25, -0.2) is 9.37 Å². The molecule has 1 atom stereocenters. The summed E-state index contributed by atoms with van der Waals surface area (Å²) < 4.78 is 20.5. The van der Waals surface area contributed by atoms with Crippen molar-refractivity contribution >= 4 is 23.2 Å². The predicted molar refractivity (Wildman–Crippen MR) is 141 cm³/mol. The number of nitrogens with one attached hydrogen (secondary N) is 2. The van der Waals surface area contributed by atoms with Gasteiger partial charge >= 0.3 is 0 Å². The summed E-state index contributed by atoms with van der Waals surface area (Å²) in [5.41, 5.74) is 8.91. The third-order valence-electron chi connectivity index (χ3n) is 7.18. The summed E-state index contributed by atoms with van der Waals surface area (Å²) in [6.45, 7) is 4.74. The van der Waals surface area contributed by atoms with Crippen LogP contribution in [0.15, 0.2) is 42.7 Å². The first kappa shape index (κ1) is 25.8. The van der Waals surface area contributed by atoms with E-state index in [2.05, 4.69) is 20.3 Å². The number of aromatic nitrogens is 3. The summed E-state index contributed by atoms with van der Waals surface area (Å²) >= 11 is 0. The SMILES string of the molecule is Cc1cc(-c2cnc(C(=O)Nc3cccc(F)c3N3CCC(C(=O)N4CCOCC4CN)CC3)[nH]2)ccn1. The number of benzene rings is 1. The molecule has 2 saturated heterocycles. The number of pyridine rings is 1. The number of halogens is 1. The van der Waals surface area contributed by atoms with E-state index >= 15 is 4.39 Å². The third-order valence-corrected chi connectivity index (χ3v) is 7.18. The average Bonchev–Trinajstić information content (AvgIpc) is 3.44. The Morgan fingerprint density at radius 2 is 2.03 bits per heavy atom. The molecule has 4 heterocycles. The number of imidazole rings is 1. The Morgan fingerprint density at radius 1 is 1.21 bits per heavy atom. The third kappa shape index (κ3) is 5.39. The molecule has 0 aliphatic carbocycles. The van der Waals surface area contributed by atoms with E-state index in [4.69, 9.17) is 10.5 Å². The van der Waals surface area contributed by atoms with E-state index in [-0.39, 0.29) is 23.7 Å². The molecule has 0 saturated carbocycles. The Balaban J connectivity index is 1.27. The molecule has 2 aliphatic heterocycles. The topological polar surface area (TPSA) is 129 Å². The van der Waals surface area contributed by atoms with Gasteiger partial charge in [-0.2, -0.15) is 0 Å². The van der Waals surface area contributed by atoms with Crippen LogP contribution >= 0.6 is 0 Å². The average molecular weight is 522 g/mol. The first-order valence-electron chi connectivity index (χ1n) is 12.9. The van der Waals surface area contributed by atoms with Gasteiger partial charge in [0.05, 0.1) is 42.5 Å². The fourth-order valence-electron chi connectivity index (χ4n) is 5.14. The van der Waals surface area contributed by atoms with Crippen molar-refractivity contribution in [1.29, 1.82) is 0 Å². The number of morpholine rings is 1. The van der Waals surface area contributed by atoms with Crippen molar-refractivity contribution in [2.75, 3.05) is 49.6 Å². The van der Waals surface area contributed by atoms with Gasteiger partial charge < -0.3 is 30.6 Å². The number of piperidine rings is 1. The lowest BCUT2D eigenvalue weighted by atomic mass is 9.93. The molecule has 2 aromatic heterocycles. The highest BCUT2D eigenvalue weighted by Crippen LogP contribution is 2.33. The number of ether oxygens (including phenoxy) is 1. The van der Waals surface area contributed by atoms with E-state index in [1.807, 2.05) is 28.9 Å². The second kappa shape index (κ2) is 11.3. The van der Waals surface area contributed by atoms with Crippen LogP contribution in [0.1, 0.15) is 29.2 Å². The molecule has 0 bridgehead atoms. The van der Waals surface area contributed by atoms with Gasteiger partial charge in [0.1, 0.15) is 5.82 Å². The summed E-state index contributed by atoms with van der Waals surface area (Å²) in [6, 6.07) is 8.22. The maximum atomic E-state index is 15.1. The largest absolute Gasteiger partial charge is 0.377 e. The molecule has 2 amide bonds. The zero-order valence-electron chi connectivity index (χ0n) is 21.3. The maximum absolute atomic E-state index is 15.1. The molecule has 38 heavy (non-hydrogen) atoms. The highest BCUT2D eigenvalue weighted by Gasteiger charge is 2.34. The number of H-pyrrole nitrogens is 1. The van der Waals surface area contributed by atoms with Crippen LogP contribution in [0.2, 0.25) is 0 Å². The van der Waals surface area contributed by atoms with Gasteiger partial charge in [0.15, 0.2) is 5.82 Å². The number of nitrogens with zero attached hydrogens (tertiary/aromatic N) is 4. The summed E-state index contributed by atoms with van der Waals surface area (Å²) in [7, 11) is 0. The van der Waals surface area contributed by atoms with Gasteiger partial charge in [0.2, 0.25) is 5.91 Å². The molecule has 2 aliphatic rings. The van der Waals surface area contributed by atoms with Crippen molar-refractivity contribution in [3.63, 3.8) is 0 Å². The number of carbonyl (C=O) groups excluding carboxylic acids is 2. The van der Waals surface area contributed by atoms with Crippen molar-refractivity contribution in [1.82, 2.24) is 19.9 Å². The second-order valence-electron chi connectivity index (χ2n) is 9.68. The van der Waals surface area contributed by atoms with Gasteiger partial charge in [-0.05, 0) is 44.0 Å². The fraction of sp³-hybridized carbons (Fsp3) is 0.407. The number of amides is 2. The minimum atomic E-state index is -0.473. The number of hydrogen-bond acceptors (Lipinski definition) is 7. The minimum absolute atomic E-state index is 0.0866. The zero-order valence-corrected chi connectivity index (χ0v) is 21.3.